The minimum Gasteiger partial charge on any atom is -0.478 e. The average molecular weight is 926 g/mol. The molecule has 6 aromatic rings. The highest BCUT2D eigenvalue weighted by Gasteiger charge is 2.36. The number of amides is 5. The van der Waals surface area contributed by atoms with Crippen molar-refractivity contribution < 1.29 is 41.8 Å². The first-order valence-corrected chi connectivity index (χ1v) is 22.3. The molecule has 65 heavy (non-hydrogen) atoms. The molecule has 2 aromatic heterocycles. The van der Waals surface area contributed by atoms with Gasteiger partial charge in [-0.15, -0.1) is 0 Å². The van der Waals surface area contributed by atoms with E-state index in [0.717, 1.165) is 51.6 Å². The number of para-hydroxylation sites is 2. The highest BCUT2D eigenvalue weighted by molar-refractivity contribution is 7.98. The van der Waals surface area contributed by atoms with Gasteiger partial charge in [-0.3, -0.25) is 4.79 Å². The Morgan fingerprint density at radius 1 is 0.677 bits per heavy atom. The predicted octanol–water partition coefficient (Wildman–Crippen LogP) is 9.46. The number of urea groups is 2. The number of thioether (sulfide) groups is 2. The normalized spacial score (nSPS) is 12.9. The number of carboxylic acids is 1. The van der Waals surface area contributed by atoms with Crippen LogP contribution in [0.25, 0.3) is 22.5 Å². The summed E-state index contributed by atoms with van der Waals surface area (Å²) in [6.45, 7) is 6.28. The van der Waals surface area contributed by atoms with E-state index in [1.807, 2.05) is 19.9 Å². The zero-order valence-corrected chi connectivity index (χ0v) is 37.0. The summed E-state index contributed by atoms with van der Waals surface area (Å²) in [5.74, 6) is -4.78. The van der Waals surface area contributed by atoms with E-state index in [4.69, 9.17) is 0 Å². The molecular formula is C45H39F4N9O5S2. The fourth-order valence-electron chi connectivity index (χ4n) is 7.10. The summed E-state index contributed by atoms with van der Waals surface area (Å²) in [6.07, 6.45) is 4.30. The van der Waals surface area contributed by atoms with E-state index in [1.165, 1.54) is 47.8 Å². The van der Waals surface area contributed by atoms with Crippen LogP contribution in [0.2, 0.25) is 0 Å². The van der Waals surface area contributed by atoms with Crippen LogP contribution in [-0.4, -0.2) is 68.0 Å². The van der Waals surface area contributed by atoms with E-state index in [9.17, 15) is 41.8 Å². The molecule has 0 radical (unpaired) electrons. The molecule has 5 amide bonds. The average Bonchev–Trinajstić information content (AvgIpc) is 3.29. The van der Waals surface area contributed by atoms with E-state index in [2.05, 4.69) is 35.9 Å². The number of carboxylic acid groups (broad SMARTS) is 1. The number of nitrogens with one attached hydrogen (secondary N) is 3. The minimum absolute atomic E-state index is 0.0153. The Kier molecular flexibility index (Phi) is 13.7. The summed E-state index contributed by atoms with van der Waals surface area (Å²) >= 11 is 2.43. The van der Waals surface area contributed by atoms with Crippen LogP contribution in [-0.2, 0) is 13.1 Å². The van der Waals surface area contributed by atoms with Gasteiger partial charge in [-0.2, -0.15) is 0 Å². The molecule has 4 aromatic carbocycles. The maximum Gasteiger partial charge on any atom is 0.335 e. The molecule has 0 saturated heterocycles. The van der Waals surface area contributed by atoms with Gasteiger partial charge in [0.15, 0.2) is 21.9 Å². The summed E-state index contributed by atoms with van der Waals surface area (Å²) < 4.78 is 58.4. The minimum atomic E-state index is -1.10. The molecule has 0 saturated carbocycles. The molecule has 0 fully saturated rings. The fraction of sp³-hybridized carbons (Fsp3) is 0.200. The third-order valence-corrected chi connectivity index (χ3v) is 11.4. The van der Waals surface area contributed by atoms with Crippen molar-refractivity contribution in [2.24, 2.45) is 0 Å². The SMILES string of the molecule is CCCNC(=O)c1ccc(C)c(-c2nc(SC)nc3c2CNC(=O)N3c2c(F)cccc2F)c1.CSc1nc(-c2cc(C(=O)O)ccc2C)c2c(n1)N(c1c(F)cccc1F)C(=O)NC2. The summed E-state index contributed by atoms with van der Waals surface area (Å²) in [5, 5.41) is 18.1. The van der Waals surface area contributed by atoms with Crippen molar-refractivity contribution >= 4 is 70.5 Å². The van der Waals surface area contributed by atoms with E-state index in [-0.39, 0.29) is 41.4 Å². The second-order valence-electron chi connectivity index (χ2n) is 14.5. The van der Waals surface area contributed by atoms with E-state index >= 15 is 0 Å². The van der Waals surface area contributed by atoms with Crippen molar-refractivity contribution in [1.29, 1.82) is 0 Å². The first-order chi connectivity index (χ1) is 31.2. The monoisotopic (exact) mass is 925 g/mol. The summed E-state index contributed by atoms with van der Waals surface area (Å²) in [5.41, 5.74) is 4.05. The van der Waals surface area contributed by atoms with Gasteiger partial charge in [-0.1, -0.05) is 54.7 Å². The lowest BCUT2D eigenvalue weighted by molar-refractivity contribution is 0.0696. The van der Waals surface area contributed by atoms with Gasteiger partial charge in [0.1, 0.15) is 34.6 Å². The van der Waals surface area contributed by atoms with Gasteiger partial charge >= 0.3 is 18.0 Å². The van der Waals surface area contributed by atoms with Crippen LogP contribution in [0.3, 0.4) is 0 Å². The molecule has 14 nitrogen and oxygen atoms in total. The number of anilines is 4. The van der Waals surface area contributed by atoms with E-state index in [1.54, 1.807) is 37.6 Å². The quantitative estimate of drug-likeness (QED) is 0.0583. The Labute approximate surface area is 378 Å². The molecule has 2 aliphatic heterocycles. The Balaban J connectivity index is 0.000000195. The van der Waals surface area contributed by atoms with Crippen LogP contribution in [0.1, 0.15) is 56.3 Å². The van der Waals surface area contributed by atoms with Gasteiger partial charge in [0.25, 0.3) is 5.91 Å². The number of aromatic nitrogens is 4. The van der Waals surface area contributed by atoms with E-state index in [0.29, 0.717) is 50.9 Å². The number of aryl methyl sites for hydroxylation is 2. The summed E-state index contributed by atoms with van der Waals surface area (Å²) in [7, 11) is 0. The number of aromatic carboxylic acids is 1. The lowest BCUT2D eigenvalue weighted by atomic mass is 9.97. The third-order valence-electron chi connectivity index (χ3n) is 10.3. The van der Waals surface area contributed by atoms with Gasteiger partial charge in [0, 0.05) is 34.4 Å². The van der Waals surface area contributed by atoms with E-state index < -0.39 is 52.7 Å². The lowest BCUT2D eigenvalue weighted by Gasteiger charge is -2.30. The molecule has 4 N–H and O–H groups in total. The largest absolute Gasteiger partial charge is 0.478 e. The topological polar surface area (TPSA) is 183 Å². The number of carbonyl (C=O) groups excluding carboxylic acids is 3. The molecule has 8 rings (SSSR count). The van der Waals surface area contributed by atoms with Crippen molar-refractivity contribution in [1.82, 2.24) is 35.9 Å². The van der Waals surface area contributed by atoms with Crippen molar-refractivity contribution in [3.63, 3.8) is 0 Å². The second kappa shape index (κ2) is 19.4. The second-order valence-corrected chi connectivity index (χ2v) is 16.0. The van der Waals surface area contributed by atoms with Gasteiger partial charge in [0.05, 0.1) is 30.0 Å². The van der Waals surface area contributed by atoms with Crippen LogP contribution in [0.5, 0.6) is 0 Å². The highest BCUT2D eigenvalue weighted by atomic mass is 32.2. The van der Waals surface area contributed by atoms with Crippen molar-refractivity contribution in [3.8, 4) is 22.5 Å². The Morgan fingerprint density at radius 3 is 1.49 bits per heavy atom. The number of hydrogen-bond donors (Lipinski definition) is 4. The summed E-state index contributed by atoms with van der Waals surface area (Å²) in [4.78, 5) is 69.2. The van der Waals surface area contributed by atoms with Crippen LogP contribution in [0, 0.1) is 37.1 Å². The zero-order valence-electron chi connectivity index (χ0n) is 35.3. The number of nitrogens with zero attached hydrogens (tertiary/aromatic N) is 6. The molecular weight excluding hydrogens is 887 g/mol. The van der Waals surface area contributed by atoms with Crippen LogP contribution < -0.4 is 25.8 Å². The molecule has 334 valence electrons. The van der Waals surface area contributed by atoms with Crippen molar-refractivity contribution in [2.45, 2.75) is 50.6 Å². The molecule has 0 aliphatic carbocycles. The van der Waals surface area contributed by atoms with Gasteiger partial charge < -0.3 is 21.1 Å². The maximum atomic E-state index is 14.7. The van der Waals surface area contributed by atoms with Crippen LogP contribution >= 0.6 is 23.5 Å². The van der Waals surface area contributed by atoms with Gasteiger partial charge in [-0.25, -0.2) is 61.7 Å². The van der Waals surface area contributed by atoms with Crippen LogP contribution in [0.4, 0.5) is 50.2 Å². The number of rotatable bonds is 10. The maximum absolute atomic E-state index is 14.7. The third kappa shape index (κ3) is 9.17. The first-order valence-electron chi connectivity index (χ1n) is 19.8. The number of hydrogen-bond acceptors (Lipinski definition) is 10. The standard InChI is InChI=1S/C24H23F2N5O2S.C21H16F2N4O3S/c1-4-10-27-22(32)14-9-8-13(2)15(11-14)19-16-12-28-24(33)31(21(16)30-23(29-19)34-3)20-17(25)6-5-7-18(20)26;1-10-6-7-11(19(28)29)8-12(10)16-13-9-24-21(30)27(18(13)26-20(25-16)31-2)17-14(22)4-3-5-15(17)23/h5-9,11H,4,10,12H2,1-3H3,(H,27,32)(H,28,33);3-8H,9H2,1-2H3,(H,24,30)(H,28,29). The fourth-order valence-corrected chi connectivity index (χ4v) is 7.82. The zero-order chi connectivity index (χ0) is 46.7. The number of benzene rings is 4. The Morgan fingerprint density at radius 2 is 1.09 bits per heavy atom. The van der Waals surface area contributed by atoms with Crippen molar-refractivity contribution in [2.75, 3.05) is 28.9 Å². The molecule has 0 spiro atoms. The number of fused-ring (bicyclic) bond motifs is 2. The number of halogens is 4. The highest BCUT2D eigenvalue weighted by Crippen LogP contribution is 2.41. The molecule has 4 heterocycles. The molecule has 0 atom stereocenters. The van der Waals surface area contributed by atoms with Crippen LogP contribution in [0.15, 0.2) is 83.1 Å². The van der Waals surface area contributed by atoms with Gasteiger partial charge in [0.2, 0.25) is 0 Å². The van der Waals surface area contributed by atoms with Gasteiger partial charge in [-0.05, 0) is 92.4 Å². The lowest BCUT2D eigenvalue weighted by Crippen LogP contribution is -2.43. The number of carbonyl (C=O) groups is 4. The Bertz CT molecular complexity index is 2870. The molecule has 0 bridgehead atoms. The molecule has 20 heteroatoms. The smallest absolute Gasteiger partial charge is 0.335 e. The Hall–Kier alpha value is -7.06. The first kappa shape index (κ1) is 45.9. The predicted molar refractivity (Wildman–Crippen MR) is 239 cm³/mol. The van der Waals surface area contributed by atoms with Crippen molar-refractivity contribution in [3.05, 3.63) is 129 Å². The molecule has 2 aliphatic rings. The summed E-state index contributed by atoms with van der Waals surface area (Å²) in [6, 6.07) is 15.2. The molecule has 0 unspecified atom stereocenters.